The van der Waals surface area contributed by atoms with Gasteiger partial charge in [-0.25, -0.2) is 0 Å². The molecule has 2 aromatic carbocycles. The zero-order chi connectivity index (χ0) is 26.6. The molecule has 0 bridgehead atoms. The summed E-state index contributed by atoms with van der Waals surface area (Å²) in [5, 5.41) is 15.9. The van der Waals surface area contributed by atoms with Crippen LogP contribution in [0.5, 0.6) is 11.5 Å². The van der Waals surface area contributed by atoms with E-state index in [2.05, 4.69) is 37.5 Å². The minimum absolute atomic E-state index is 0.155. The summed E-state index contributed by atoms with van der Waals surface area (Å²) in [6.07, 6.45) is 3.78. The molecule has 0 aliphatic carbocycles. The number of nitrogens with one attached hydrogen (secondary N) is 2. The van der Waals surface area contributed by atoms with Crippen molar-refractivity contribution in [3.8, 4) is 33.9 Å². The third-order valence-corrected chi connectivity index (χ3v) is 6.80. The summed E-state index contributed by atoms with van der Waals surface area (Å²) in [5.74, 6) is 1.26. The van der Waals surface area contributed by atoms with Gasteiger partial charge in [0.25, 0.3) is 0 Å². The third kappa shape index (κ3) is 5.66. The standard InChI is InChI=1S/C28H35N7O3/c1-5-37-27-16-23-24(15-22(27)21-17-29-34(4)18-21)31-32-28(23)20-6-7-26(25(14-20)30-19(2)36)38-13-12-35-10-8-33(3)9-11-35/h6-7,14-18H,5,8-13H2,1-4H3,(H,30,36)(H,31,32). The summed E-state index contributed by atoms with van der Waals surface area (Å²) < 4.78 is 13.9. The molecule has 0 radical (unpaired) electrons. The first-order valence-corrected chi connectivity index (χ1v) is 13.0. The number of likely N-dealkylation sites (N-methyl/N-ethyl adjacent to an activating group) is 1. The number of carbonyl (C=O) groups excluding carboxylic acids is 1. The van der Waals surface area contributed by atoms with Gasteiger partial charge in [0, 0.05) is 75.0 Å². The van der Waals surface area contributed by atoms with E-state index in [0.717, 1.165) is 71.8 Å². The van der Waals surface area contributed by atoms with Crippen LogP contribution in [-0.2, 0) is 11.8 Å². The molecule has 0 atom stereocenters. The Labute approximate surface area is 222 Å². The van der Waals surface area contributed by atoms with E-state index in [-0.39, 0.29) is 5.91 Å². The smallest absolute Gasteiger partial charge is 0.221 e. The fourth-order valence-corrected chi connectivity index (χ4v) is 4.77. The molecular weight excluding hydrogens is 482 g/mol. The molecule has 5 rings (SSSR count). The van der Waals surface area contributed by atoms with Crippen molar-refractivity contribution in [2.45, 2.75) is 13.8 Å². The first-order chi connectivity index (χ1) is 18.4. The van der Waals surface area contributed by atoms with Crippen molar-refractivity contribution in [3.05, 3.63) is 42.7 Å². The van der Waals surface area contributed by atoms with Crippen molar-refractivity contribution in [1.82, 2.24) is 29.8 Å². The van der Waals surface area contributed by atoms with E-state index in [1.165, 1.54) is 6.92 Å². The highest BCUT2D eigenvalue weighted by Crippen LogP contribution is 2.38. The predicted molar refractivity (Wildman–Crippen MR) is 149 cm³/mol. The van der Waals surface area contributed by atoms with E-state index in [4.69, 9.17) is 9.47 Å². The summed E-state index contributed by atoms with van der Waals surface area (Å²) in [4.78, 5) is 16.7. The van der Waals surface area contributed by atoms with Gasteiger partial charge in [0.05, 0.1) is 24.0 Å². The number of rotatable bonds is 9. The molecule has 0 unspecified atom stereocenters. The van der Waals surface area contributed by atoms with Gasteiger partial charge in [0.15, 0.2) is 0 Å². The fourth-order valence-electron chi connectivity index (χ4n) is 4.77. The van der Waals surface area contributed by atoms with E-state index in [9.17, 15) is 4.79 Å². The van der Waals surface area contributed by atoms with Gasteiger partial charge >= 0.3 is 0 Å². The normalized spacial score (nSPS) is 14.6. The van der Waals surface area contributed by atoms with Gasteiger partial charge in [-0.1, -0.05) is 0 Å². The minimum atomic E-state index is -0.155. The van der Waals surface area contributed by atoms with E-state index in [1.807, 2.05) is 56.7 Å². The number of piperazine rings is 1. The third-order valence-electron chi connectivity index (χ3n) is 6.80. The zero-order valence-corrected chi connectivity index (χ0v) is 22.5. The number of hydrogen-bond donors (Lipinski definition) is 2. The molecule has 0 spiro atoms. The quantitative estimate of drug-likeness (QED) is 0.350. The van der Waals surface area contributed by atoms with Crippen LogP contribution in [0.1, 0.15) is 13.8 Å². The van der Waals surface area contributed by atoms with E-state index in [1.54, 1.807) is 4.68 Å². The van der Waals surface area contributed by atoms with Crippen LogP contribution in [0.3, 0.4) is 0 Å². The first kappa shape index (κ1) is 25.7. The van der Waals surface area contributed by atoms with E-state index in [0.29, 0.717) is 24.7 Å². The number of benzene rings is 2. The molecular formula is C28H35N7O3. The lowest BCUT2D eigenvalue weighted by atomic mass is 10.0. The lowest BCUT2D eigenvalue weighted by Gasteiger charge is -2.32. The lowest BCUT2D eigenvalue weighted by Crippen LogP contribution is -2.45. The topological polar surface area (TPSA) is 101 Å². The van der Waals surface area contributed by atoms with Crippen molar-refractivity contribution >= 4 is 22.5 Å². The molecule has 3 heterocycles. The highest BCUT2D eigenvalue weighted by atomic mass is 16.5. The molecule has 2 N–H and O–H groups in total. The average Bonchev–Trinajstić information content (AvgIpc) is 3.51. The largest absolute Gasteiger partial charge is 0.493 e. The summed E-state index contributed by atoms with van der Waals surface area (Å²) in [6.45, 7) is 9.61. The molecule has 0 saturated carbocycles. The number of carbonyl (C=O) groups is 1. The Kier molecular flexibility index (Phi) is 7.62. The Morgan fingerprint density at radius 2 is 1.87 bits per heavy atom. The van der Waals surface area contributed by atoms with E-state index < -0.39 is 0 Å². The van der Waals surface area contributed by atoms with Gasteiger partial charge in [0.1, 0.15) is 23.8 Å². The second kappa shape index (κ2) is 11.2. The Bertz CT molecular complexity index is 1420. The highest BCUT2D eigenvalue weighted by molar-refractivity contribution is 5.98. The van der Waals surface area contributed by atoms with Gasteiger partial charge < -0.3 is 19.7 Å². The van der Waals surface area contributed by atoms with Crippen molar-refractivity contribution in [1.29, 1.82) is 0 Å². The maximum absolute atomic E-state index is 12.0. The van der Waals surface area contributed by atoms with Crippen LogP contribution in [-0.4, -0.2) is 88.7 Å². The Balaban J connectivity index is 1.42. The molecule has 1 saturated heterocycles. The molecule has 10 nitrogen and oxygen atoms in total. The predicted octanol–water partition coefficient (Wildman–Crippen LogP) is 3.61. The van der Waals surface area contributed by atoms with Crippen LogP contribution in [0, 0.1) is 0 Å². The van der Waals surface area contributed by atoms with Gasteiger partial charge in [-0.15, -0.1) is 0 Å². The number of hydrogen-bond acceptors (Lipinski definition) is 7. The SMILES string of the molecule is CCOc1cc2c(-c3ccc(OCCN4CCN(C)CC4)c(NC(C)=O)c3)n[nH]c2cc1-c1cnn(C)c1. The molecule has 38 heavy (non-hydrogen) atoms. The van der Waals surface area contributed by atoms with Crippen molar-refractivity contribution in [3.63, 3.8) is 0 Å². The minimum Gasteiger partial charge on any atom is -0.493 e. The lowest BCUT2D eigenvalue weighted by molar-refractivity contribution is -0.114. The van der Waals surface area contributed by atoms with Gasteiger partial charge in [-0.2, -0.15) is 10.2 Å². The number of anilines is 1. The number of ether oxygens (including phenoxy) is 2. The number of aromatic nitrogens is 4. The molecule has 1 amide bonds. The molecule has 10 heteroatoms. The number of aromatic amines is 1. The van der Waals surface area contributed by atoms with Crippen LogP contribution in [0.4, 0.5) is 5.69 Å². The Hall–Kier alpha value is -3.89. The van der Waals surface area contributed by atoms with Crippen LogP contribution in [0.2, 0.25) is 0 Å². The van der Waals surface area contributed by atoms with Crippen LogP contribution in [0.15, 0.2) is 42.7 Å². The monoisotopic (exact) mass is 517 g/mol. The van der Waals surface area contributed by atoms with Gasteiger partial charge in [0.2, 0.25) is 5.91 Å². The fraction of sp³-hybridized carbons (Fsp3) is 0.393. The Morgan fingerprint density at radius 3 is 2.58 bits per heavy atom. The molecule has 200 valence electrons. The van der Waals surface area contributed by atoms with Crippen molar-refractivity contribution in [2.24, 2.45) is 7.05 Å². The van der Waals surface area contributed by atoms with E-state index >= 15 is 0 Å². The number of nitrogens with zero attached hydrogens (tertiary/aromatic N) is 5. The summed E-state index contributed by atoms with van der Waals surface area (Å²) >= 11 is 0. The molecule has 1 fully saturated rings. The summed E-state index contributed by atoms with van der Waals surface area (Å²) in [7, 11) is 4.04. The van der Waals surface area contributed by atoms with Crippen molar-refractivity contribution < 1.29 is 14.3 Å². The molecule has 4 aromatic rings. The van der Waals surface area contributed by atoms with Gasteiger partial charge in [-0.3, -0.25) is 19.5 Å². The average molecular weight is 518 g/mol. The first-order valence-electron chi connectivity index (χ1n) is 13.0. The summed E-state index contributed by atoms with van der Waals surface area (Å²) in [6, 6.07) is 9.84. The molecule has 1 aliphatic heterocycles. The second-order valence-corrected chi connectivity index (χ2v) is 9.69. The molecule has 1 aliphatic rings. The van der Waals surface area contributed by atoms with Crippen molar-refractivity contribution in [2.75, 3.05) is 58.3 Å². The number of H-pyrrole nitrogens is 1. The van der Waals surface area contributed by atoms with Gasteiger partial charge in [-0.05, 0) is 44.3 Å². The summed E-state index contributed by atoms with van der Waals surface area (Å²) in [5.41, 5.74) is 5.07. The Morgan fingerprint density at radius 1 is 1.05 bits per heavy atom. The van der Waals surface area contributed by atoms with Crippen LogP contribution < -0.4 is 14.8 Å². The zero-order valence-electron chi connectivity index (χ0n) is 22.5. The van der Waals surface area contributed by atoms with Crippen LogP contribution >= 0.6 is 0 Å². The maximum atomic E-state index is 12.0. The highest BCUT2D eigenvalue weighted by Gasteiger charge is 2.18. The number of amides is 1. The van der Waals surface area contributed by atoms with Crippen LogP contribution in [0.25, 0.3) is 33.3 Å². The molecule has 2 aromatic heterocycles. The maximum Gasteiger partial charge on any atom is 0.221 e. The number of fused-ring (bicyclic) bond motifs is 1. The second-order valence-electron chi connectivity index (χ2n) is 9.69. The number of aryl methyl sites for hydroxylation is 1.